The lowest BCUT2D eigenvalue weighted by molar-refractivity contribution is -0.123. The Labute approximate surface area is 221 Å². The largest absolute Gasteiger partial charge is 0.492 e. The monoisotopic (exact) mass is 518 g/mol. The minimum Gasteiger partial charge on any atom is -0.492 e. The predicted octanol–water partition coefficient (Wildman–Crippen LogP) is 5.44. The summed E-state index contributed by atoms with van der Waals surface area (Å²) in [4.78, 5) is 29.7. The van der Waals surface area contributed by atoms with Gasteiger partial charge in [0.15, 0.2) is 11.5 Å². The second-order valence-electron chi connectivity index (χ2n) is 9.38. The second-order valence-corrected chi connectivity index (χ2v) is 9.38. The Bertz CT molecular complexity index is 1290. The van der Waals surface area contributed by atoms with Crippen molar-refractivity contribution < 1.29 is 28.2 Å². The zero-order valence-electron chi connectivity index (χ0n) is 21.3. The first-order chi connectivity index (χ1) is 18.5. The van der Waals surface area contributed by atoms with Crippen LogP contribution in [0.3, 0.4) is 0 Å². The molecule has 5 rings (SSSR count). The third kappa shape index (κ3) is 5.44. The van der Waals surface area contributed by atoms with Gasteiger partial charge in [-0.2, -0.15) is 0 Å². The Hall–Kier alpha value is -4.07. The normalized spacial score (nSPS) is 15.5. The third-order valence-electron chi connectivity index (χ3n) is 6.83. The van der Waals surface area contributed by atoms with Crippen molar-refractivity contribution in [3.63, 3.8) is 0 Å². The molecule has 198 valence electrons. The van der Waals surface area contributed by atoms with E-state index in [0.717, 1.165) is 25.7 Å². The molecule has 1 saturated carbocycles. The summed E-state index contributed by atoms with van der Waals surface area (Å²) in [6.45, 7) is 3.04. The molecular formula is C30H31FN2O5. The molecule has 7 nitrogen and oxygen atoms in total. The van der Waals surface area contributed by atoms with Crippen molar-refractivity contribution in [2.45, 2.75) is 44.7 Å². The van der Waals surface area contributed by atoms with Crippen LogP contribution in [0, 0.1) is 5.82 Å². The van der Waals surface area contributed by atoms with Gasteiger partial charge in [0.2, 0.25) is 5.91 Å². The molecule has 3 aromatic carbocycles. The van der Waals surface area contributed by atoms with Crippen LogP contribution >= 0.6 is 0 Å². The van der Waals surface area contributed by atoms with Crippen LogP contribution in [-0.2, 0) is 4.79 Å². The lowest BCUT2D eigenvalue weighted by Crippen LogP contribution is -2.46. The van der Waals surface area contributed by atoms with Crippen LogP contribution in [-0.4, -0.2) is 37.7 Å². The van der Waals surface area contributed by atoms with Crippen LogP contribution in [0.5, 0.6) is 17.2 Å². The molecule has 0 aromatic heterocycles. The number of hydrogen-bond acceptors (Lipinski definition) is 5. The average Bonchev–Trinajstić information content (AvgIpc) is 3.45. The van der Waals surface area contributed by atoms with Crippen LogP contribution in [0.25, 0.3) is 0 Å². The van der Waals surface area contributed by atoms with Crippen LogP contribution in [0.4, 0.5) is 10.1 Å². The zero-order valence-corrected chi connectivity index (χ0v) is 21.3. The Morgan fingerprint density at radius 3 is 2.45 bits per heavy atom. The summed E-state index contributed by atoms with van der Waals surface area (Å²) >= 11 is 0. The summed E-state index contributed by atoms with van der Waals surface area (Å²) in [6.07, 6.45) is 3.85. The first-order valence-corrected chi connectivity index (χ1v) is 13.1. The van der Waals surface area contributed by atoms with Gasteiger partial charge in [-0.05, 0) is 67.8 Å². The van der Waals surface area contributed by atoms with Crippen molar-refractivity contribution >= 4 is 17.5 Å². The summed E-state index contributed by atoms with van der Waals surface area (Å²) in [5.41, 5.74) is 1.24. The molecule has 0 bridgehead atoms. The minimum absolute atomic E-state index is 0.0267. The standard InChI is InChI=1S/C30H31FN2O5/c1-2-36-25-10-6-5-9-24(25)33(30(35)21-13-16-26-27(19-21)38-18-17-37-26)28(20-11-14-22(31)15-12-20)29(34)32-23-7-3-4-8-23/h5-6,9-16,19,23,28H,2-4,7-8,17-18H2,1H3,(H,32,34)/t28-/m1/s1. The first kappa shape index (κ1) is 25.6. The number of hydrogen-bond donors (Lipinski definition) is 1. The quantitative estimate of drug-likeness (QED) is 0.430. The highest BCUT2D eigenvalue weighted by Crippen LogP contribution is 2.38. The molecule has 1 atom stereocenters. The second kappa shape index (κ2) is 11.5. The van der Waals surface area contributed by atoms with Crippen molar-refractivity contribution in [3.8, 4) is 17.2 Å². The van der Waals surface area contributed by atoms with Gasteiger partial charge in [0.25, 0.3) is 5.91 Å². The Kier molecular flexibility index (Phi) is 7.77. The molecule has 8 heteroatoms. The van der Waals surface area contributed by atoms with E-state index in [-0.39, 0.29) is 11.9 Å². The Morgan fingerprint density at radius 2 is 1.71 bits per heavy atom. The number of ether oxygens (including phenoxy) is 3. The van der Waals surface area contributed by atoms with Gasteiger partial charge in [0.1, 0.15) is 30.8 Å². The molecule has 0 radical (unpaired) electrons. The van der Waals surface area contributed by atoms with Gasteiger partial charge in [-0.3, -0.25) is 14.5 Å². The van der Waals surface area contributed by atoms with E-state index in [4.69, 9.17) is 14.2 Å². The predicted molar refractivity (Wildman–Crippen MR) is 141 cm³/mol. The van der Waals surface area contributed by atoms with Crippen LogP contribution in [0.15, 0.2) is 66.7 Å². The fraction of sp³-hybridized carbons (Fsp3) is 0.333. The molecule has 38 heavy (non-hydrogen) atoms. The SMILES string of the molecule is CCOc1ccccc1N(C(=O)c1ccc2c(c1)OCCO2)[C@@H](C(=O)NC1CCCC1)c1ccc(F)cc1. The maximum atomic E-state index is 14.3. The molecule has 0 spiro atoms. The van der Waals surface area contributed by atoms with E-state index in [0.29, 0.717) is 53.9 Å². The number of anilines is 1. The topological polar surface area (TPSA) is 77.1 Å². The van der Waals surface area contributed by atoms with Crippen molar-refractivity contribution in [2.24, 2.45) is 0 Å². The van der Waals surface area contributed by atoms with Gasteiger partial charge in [-0.15, -0.1) is 0 Å². The van der Waals surface area contributed by atoms with Gasteiger partial charge >= 0.3 is 0 Å². The molecule has 1 aliphatic heterocycles. The Morgan fingerprint density at radius 1 is 1.00 bits per heavy atom. The highest BCUT2D eigenvalue weighted by molar-refractivity contribution is 6.11. The molecule has 2 aliphatic rings. The van der Waals surface area contributed by atoms with E-state index in [9.17, 15) is 14.0 Å². The summed E-state index contributed by atoms with van der Waals surface area (Å²) in [5.74, 6) is 0.299. The number of nitrogens with one attached hydrogen (secondary N) is 1. The van der Waals surface area contributed by atoms with Gasteiger partial charge in [-0.25, -0.2) is 4.39 Å². The third-order valence-corrected chi connectivity index (χ3v) is 6.83. The van der Waals surface area contributed by atoms with Gasteiger partial charge in [-0.1, -0.05) is 37.1 Å². The van der Waals surface area contributed by atoms with Crippen LogP contribution < -0.4 is 24.4 Å². The summed E-state index contributed by atoms with van der Waals surface area (Å²) < 4.78 is 31.1. The number of carbonyl (C=O) groups excluding carboxylic acids is 2. The number of carbonyl (C=O) groups is 2. The summed E-state index contributed by atoms with van der Waals surface area (Å²) in [7, 11) is 0. The number of rotatable bonds is 8. The van der Waals surface area contributed by atoms with E-state index >= 15 is 0 Å². The van der Waals surface area contributed by atoms with Crippen LogP contribution in [0.2, 0.25) is 0 Å². The van der Waals surface area contributed by atoms with Crippen molar-refractivity contribution in [2.75, 3.05) is 24.7 Å². The zero-order chi connectivity index (χ0) is 26.5. The molecule has 1 fully saturated rings. The molecular weight excluding hydrogens is 487 g/mol. The number of nitrogens with zero attached hydrogens (tertiary/aromatic N) is 1. The molecule has 3 aromatic rings. The van der Waals surface area contributed by atoms with Crippen molar-refractivity contribution in [3.05, 3.63) is 83.7 Å². The van der Waals surface area contributed by atoms with E-state index in [1.807, 2.05) is 13.0 Å². The van der Waals surface area contributed by atoms with Crippen molar-refractivity contribution in [1.82, 2.24) is 5.32 Å². The molecule has 2 amide bonds. The highest BCUT2D eigenvalue weighted by Gasteiger charge is 2.36. The smallest absolute Gasteiger partial charge is 0.259 e. The van der Waals surface area contributed by atoms with Gasteiger partial charge < -0.3 is 19.5 Å². The number of halogens is 1. The molecule has 1 aliphatic carbocycles. The molecule has 1 heterocycles. The van der Waals surface area contributed by atoms with Crippen molar-refractivity contribution in [1.29, 1.82) is 0 Å². The van der Waals surface area contributed by atoms with Crippen LogP contribution in [0.1, 0.15) is 54.6 Å². The Balaban J connectivity index is 1.63. The lowest BCUT2D eigenvalue weighted by atomic mass is 10.0. The minimum atomic E-state index is -1.07. The van der Waals surface area contributed by atoms with E-state index in [2.05, 4.69) is 5.32 Å². The van der Waals surface area contributed by atoms with Gasteiger partial charge in [0, 0.05) is 11.6 Å². The van der Waals surface area contributed by atoms with E-state index in [1.165, 1.54) is 17.0 Å². The first-order valence-electron chi connectivity index (χ1n) is 13.1. The summed E-state index contributed by atoms with van der Waals surface area (Å²) in [6, 6.07) is 16.7. The maximum Gasteiger partial charge on any atom is 0.259 e. The molecule has 0 unspecified atom stereocenters. The molecule has 1 N–H and O–H groups in total. The number of para-hydroxylation sites is 2. The fourth-order valence-corrected chi connectivity index (χ4v) is 5.03. The molecule has 0 saturated heterocycles. The fourth-order valence-electron chi connectivity index (χ4n) is 5.03. The van der Waals surface area contributed by atoms with E-state index < -0.39 is 17.8 Å². The summed E-state index contributed by atoms with van der Waals surface area (Å²) in [5, 5.41) is 3.14. The number of amides is 2. The number of fused-ring (bicyclic) bond motifs is 1. The number of benzene rings is 3. The highest BCUT2D eigenvalue weighted by atomic mass is 19.1. The maximum absolute atomic E-state index is 14.3. The van der Waals surface area contributed by atoms with Gasteiger partial charge in [0.05, 0.1) is 12.3 Å². The van der Waals surface area contributed by atoms with E-state index in [1.54, 1.807) is 48.5 Å². The average molecular weight is 519 g/mol. The lowest BCUT2D eigenvalue weighted by Gasteiger charge is -2.33.